The number of hydrogen-bond donors (Lipinski definition) is 1. The maximum atomic E-state index is 12.4. The van der Waals surface area contributed by atoms with Gasteiger partial charge in [0.25, 0.3) is 0 Å². The molecule has 0 radical (unpaired) electrons. The first kappa shape index (κ1) is 13.8. The molecule has 2 aromatic rings. The minimum Gasteiger partial charge on any atom is -0.207 e. The molecular weight excluding hydrogens is 338 g/mol. The number of halogens is 1. The summed E-state index contributed by atoms with van der Waals surface area (Å²) in [4.78, 5) is 0.378. The zero-order chi connectivity index (χ0) is 14.3. The molecule has 5 heteroatoms. The molecular formula is C15H14BrNO2S. The van der Waals surface area contributed by atoms with Crippen LogP contribution in [-0.4, -0.2) is 15.0 Å². The second kappa shape index (κ2) is 4.98. The molecule has 0 bridgehead atoms. The maximum Gasteiger partial charge on any atom is 0.241 e. The summed E-state index contributed by atoms with van der Waals surface area (Å²) in [5, 5.41) is 2.17. The molecule has 104 valence electrons. The summed E-state index contributed by atoms with van der Waals surface area (Å²) in [5.74, 6) is 0. The van der Waals surface area contributed by atoms with E-state index < -0.39 is 10.0 Å². The lowest BCUT2D eigenvalue weighted by atomic mass is 10.1. The molecule has 1 N–H and O–H groups in total. The van der Waals surface area contributed by atoms with Crippen molar-refractivity contribution in [2.75, 3.05) is 6.54 Å². The molecule has 0 spiro atoms. The first-order valence-electron chi connectivity index (χ1n) is 6.38. The molecule has 0 unspecified atom stereocenters. The fourth-order valence-electron chi connectivity index (χ4n) is 2.76. The Morgan fingerprint density at radius 2 is 2.15 bits per heavy atom. The predicted molar refractivity (Wildman–Crippen MR) is 84.4 cm³/mol. The van der Waals surface area contributed by atoms with E-state index in [0.29, 0.717) is 4.90 Å². The average Bonchev–Trinajstić information content (AvgIpc) is 2.85. The van der Waals surface area contributed by atoms with Gasteiger partial charge in [-0.05, 0) is 40.8 Å². The highest BCUT2D eigenvalue weighted by atomic mass is 79.9. The topological polar surface area (TPSA) is 46.2 Å². The zero-order valence-electron chi connectivity index (χ0n) is 10.8. The fourth-order valence-corrected chi connectivity index (χ4v) is 4.77. The summed E-state index contributed by atoms with van der Waals surface area (Å²) in [6, 6.07) is 7.81. The maximum absolute atomic E-state index is 12.4. The monoisotopic (exact) mass is 351 g/mol. The van der Waals surface area contributed by atoms with Gasteiger partial charge < -0.3 is 0 Å². The molecule has 0 heterocycles. The molecule has 3 rings (SSSR count). The van der Waals surface area contributed by atoms with Gasteiger partial charge in [-0.1, -0.05) is 40.2 Å². The molecule has 2 aromatic carbocycles. The quantitative estimate of drug-likeness (QED) is 0.860. The fraction of sp³-hybridized carbons (Fsp3) is 0.200. The van der Waals surface area contributed by atoms with Gasteiger partial charge in [-0.3, -0.25) is 0 Å². The molecule has 0 fully saturated rings. The van der Waals surface area contributed by atoms with Crippen molar-refractivity contribution >= 4 is 36.7 Å². The highest BCUT2D eigenvalue weighted by molar-refractivity contribution is 9.10. The lowest BCUT2D eigenvalue weighted by molar-refractivity contribution is 0.584. The van der Waals surface area contributed by atoms with Crippen molar-refractivity contribution in [2.24, 2.45) is 0 Å². The average molecular weight is 352 g/mol. The van der Waals surface area contributed by atoms with Crippen LogP contribution in [0, 0.1) is 0 Å². The molecule has 0 atom stereocenters. The molecule has 0 aromatic heterocycles. The molecule has 0 amide bonds. The Balaban J connectivity index is 2.28. The molecule has 0 saturated heterocycles. The van der Waals surface area contributed by atoms with E-state index in [9.17, 15) is 8.42 Å². The van der Waals surface area contributed by atoms with Crippen molar-refractivity contribution < 1.29 is 8.42 Å². The van der Waals surface area contributed by atoms with Gasteiger partial charge in [0, 0.05) is 11.0 Å². The SMILES string of the molecule is C=CCNS(=O)(=O)c1cc(Br)c2cccc3c2c1CC3. The Bertz CT molecular complexity index is 812. The van der Waals surface area contributed by atoms with E-state index in [1.54, 1.807) is 12.1 Å². The van der Waals surface area contributed by atoms with E-state index in [1.165, 1.54) is 5.56 Å². The van der Waals surface area contributed by atoms with Crippen LogP contribution in [0.25, 0.3) is 10.8 Å². The van der Waals surface area contributed by atoms with Crippen molar-refractivity contribution in [3.63, 3.8) is 0 Å². The van der Waals surface area contributed by atoms with Crippen LogP contribution in [0.15, 0.2) is 46.3 Å². The van der Waals surface area contributed by atoms with E-state index >= 15 is 0 Å². The lowest BCUT2D eigenvalue weighted by Crippen LogP contribution is -2.24. The van der Waals surface area contributed by atoms with Crippen molar-refractivity contribution in [3.8, 4) is 0 Å². The molecule has 1 aliphatic carbocycles. The van der Waals surface area contributed by atoms with Crippen LogP contribution >= 0.6 is 15.9 Å². The normalized spacial score (nSPS) is 13.8. The Morgan fingerprint density at radius 1 is 1.35 bits per heavy atom. The second-order valence-electron chi connectivity index (χ2n) is 4.82. The van der Waals surface area contributed by atoms with Crippen molar-refractivity contribution in [2.45, 2.75) is 17.7 Å². The highest BCUT2D eigenvalue weighted by Gasteiger charge is 2.25. The summed E-state index contributed by atoms with van der Waals surface area (Å²) >= 11 is 3.49. The van der Waals surface area contributed by atoms with E-state index in [1.807, 2.05) is 12.1 Å². The minimum absolute atomic E-state index is 0.235. The largest absolute Gasteiger partial charge is 0.241 e. The molecule has 20 heavy (non-hydrogen) atoms. The van der Waals surface area contributed by atoms with Gasteiger partial charge in [0.1, 0.15) is 0 Å². The Morgan fingerprint density at radius 3 is 2.90 bits per heavy atom. The third-order valence-electron chi connectivity index (χ3n) is 3.62. The third kappa shape index (κ3) is 2.10. The number of nitrogens with one attached hydrogen (secondary N) is 1. The van der Waals surface area contributed by atoms with Crippen LogP contribution < -0.4 is 4.72 Å². The van der Waals surface area contributed by atoms with Crippen LogP contribution in [0.2, 0.25) is 0 Å². The Kier molecular flexibility index (Phi) is 3.44. The number of rotatable bonds is 4. The molecule has 0 aliphatic heterocycles. The van der Waals surface area contributed by atoms with Crippen LogP contribution in [0.5, 0.6) is 0 Å². The van der Waals surface area contributed by atoms with E-state index in [-0.39, 0.29) is 6.54 Å². The molecule has 3 nitrogen and oxygen atoms in total. The summed E-state index contributed by atoms with van der Waals surface area (Å²) in [6.07, 6.45) is 3.21. The van der Waals surface area contributed by atoms with Crippen molar-refractivity contribution in [3.05, 3.63) is 52.5 Å². The standard InChI is InChI=1S/C15H14BrNO2S/c1-2-8-17-20(18,19)14-9-13(16)11-5-3-4-10-6-7-12(14)15(10)11/h2-5,9,17H,1,6-8H2. The number of sulfonamides is 1. The highest BCUT2D eigenvalue weighted by Crippen LogP contribution is 2.39. The van der Waals surface area contributed by atoms with Crippen LogP contribution in [-0.2, 0) is 22.9 Å². The first-order valence-corrected chi connectivity index (χ1v) is 8.66. The predicted octanol–water partition coefficient (Wildman–Crippen LogP) is 3.17. The molecule has 0 saturated carbocycles. The lowest BCUT2D eigenvalue weighted by Gasteiger charge is -2.12. The van der Waals surface area contributed by atoms with Gasteiger partial charge >= 0.3 is 0 Å². The molecule has 1 aliphatic rings. The van der Waals surface area contributed by atoms with Crippen LogP contribution in [0.4, 0.5) is 0 Å². The van der Waals surface area contributed by atoms with Gasteiger partial charge in [0.05, 0.1) is 4.90 Å². The van der Waals surface area contributed by atoms with Gasteiger partial charge in [-0.15, -0.1) is 6.58 Å². The zero-order valence-corrected chi connectivity index (χ0v) is 13.2. The van der Waals surface area contributed by atoms with E-state index in [0.717, 1.165) is 33.7 Å². The minimum atomic E-state index is -3.50. The Labute approximate surface area is 126 Å². The van der Waals surface area contributed by atoms with Gasteiger partial charge in [-0.2, -0.15) is 0 Å². The first-order chi connectivity index (χ1) is 9.54. The van der Waals surface area contributed by atoms with Gasteiger partial charge in [0.15, 0.2) is 0 Å². The van der Waals surface area contributed by atoms with E-state index in [2.05, 4.69) is 33.3 Å². The second-order valence-corrected chi connectivity index (χ2v) is 7.41. The smallest absolute Gasteiger partial charge is 0.207 e. The van der Waals surface area contributed by atoms with Gasteiger partial charge in [0.2, 0.25) is 10.0 Å². The van der Waals surface area contributed by atoms with Crippen LogP contribution in [0.1, 0.15) is 11.1 Å². The van der Waals surface area contributed by atoms with Crippen molar-refractivity contribution in [1.29, 1.82) is 0 Å². The van der Waals surface area contributed by atoms with Crippen LogP contribution in [0.3, 0.4) is 0 Å². The summed E-state index contributed by atoms with van der Waals surface area (Å²) in [5.41, 5.74) is 2.15. The summed E-state index contributed by atoms with van der Waals surface area (Å²) < 4.78 is 28.2. The Hall–Kier alpha value is -1.17. The third-order valence-corrected chi connectivity index (χ3v) is 5.76. The van der Waals surface area contributed by atoms with Gasteiger partial charge in [-0.25, -0.2) is 13.1 Å². The van der Waals surface area contributed by atoms with E-state index in [4.69, 9.17) is 0 Å². The number of aryl methyl sites for hydroxylation is 2. The summed E-state index contributed by atoms with van der Waals surface area (Å²) in [6.45, 7) is 3.78. The number of hydrogen-bond acceptors (Lipinski definition) is 2. The summed E-state index contributed by atoms with van der Waals surface area (Å²) in [7, 11) is -3.50. The number of benzene rings is 2. The van der Waals surface area contributed by atoms with Crippen molar-refractivity contribution in [1.82, 2.24) is 4.72 Å².